The van der Waals surface area contributed by atoms with E-state index in [2.05, 4.69) is 10.5 Å². The molecular formula is C4H7F3N2. The number of hydrogen-bond acceptors (Lipinski definition) is 2. The van der Waals surface area contributed by atoms with Crippen LogP contribution in [0.2, 0.25) is 0 Å². The first kappa shape index (κ1) is 8.26. The highest BCUT2D eigenvalue weighted by Crippen LogP contribution is 2.17. The predicted octanol–water partition coefficient (Wildman–Crippen LogP) is 1.14. The molecule has 0 heterocycles. The van der Waals surface area contributed by atoms with Crippen LogP contribution in [0.4, 0.5) is 13.2 Å². The van der Waals surface area contributed by atoms with Gasteiger partial charge in [-0.15, -0.1) is 0 Å². The fourth-order valence-corrected chi connectivity index (χ4v) is 0.240. The summed E-state index contributed by atoms with van der Waals surface area (Å²) < 4.78 is 33.8. The maximum Gasteiger partial charge on any atom is 0.394 e. The molecule has 0 amide bonds. The Balaban J connectivity index is 3.38. The first-order chi connectivity index (χ1) is 4.06. The molecule has 0 bridgehead atoms. The van der Waals surface area contributed by atoms with Crippen LogP contribution in [-0.4, -0.2) is 19.4 Å². The highest BCUT2D eigenvalue weighted by molar-refractivity contribution is 5.57. The van der Waals surface area contributed by atoms with E-state index in [0.717, 1.165) is 6.21 Å². The SMILES string of the molecule is CN/N=C/CC(F)(F)F. The van der Waals surface area contributed by atoms with E-state index >= 15 is 0 Å². The molecule has 0 aromatic carbocycles. The Hall–Kier alpha value is -0.740. The summed E-state index contributed by atoms with van der Waals surface area (Å²) in [4.78, 5) is 0. The monoisotopic (exact) mass is 140 g/mol. The van der Waals surface area contributed by atoms with Crippen LogP contribution in [0.5, 0.6) is 0 Å². The van der Waals surface area contributed by atoms with Gasteiger partial charge in [0.05, 0.1) is 6.42 Å². The van der Waals surface area contributed by atoms with E-state index in [1.807, 2.05) is 0 Å². The van der Waals surface area contributed by atoms with Crippen molar-refractivity contribution in [1.29, 1.82) is 0 Å². The van der Waals surface area contributed by atoms with Crippen LogP contribution in [0.1, 0.15) is 6.42 Å². The zero-order valence-electron chi connectivity index (χ0n) is 4.87. The highest BCUT2D eigenvalue weighted by Gasteiger charge is 2.25. The van der Waals surface area contributed by atoms with Crippen molar-refractivity contribution >= 4 is 6.21 Å². The molecule has 0 aliphatic carbocycles. The van der Waals surface area contributed by atoms with Gasteiger partial charge >= 0.3 is 6.18 Å². The molecule has 54 valence electrons. The largest absolute Gasteiger partial charge is 0.394 e. The van der Waals surface area contributed by atoms with E-state index in [1.165, 1.54) is 7.05 Å². The van der Waals surface area contributed by atoms with Crippen molar-refractivity contribution < 1.29 is 13.2 Å². The maximum atomic E-state index is 11.3. The van der Waals surface area contributed by atoms with Gasteiger partial charge in [0, 0.05) is 13.3 Å². The van der Waals surface area contributed by atoms with Crippen LogP contribution in [-0.2, 0) is 0 Å². The molecule has 0 rings (SSSR count). The third-order valence-corrected chi connectivity index (χ3v) is 0.543. The number of hydrogen-bond donors (Lipinski definition) is 1. The van der Waals surface area contributed by atoms with Crippen LogP contribution < -0.4 is 5.43 Å². The highest BCUT2D eigenvalue weighted by atomic mass is 19.4. The first-order valence-corrected chi connectivity index (χ1v) is 2.31. The number of nitrogens with one attached hydrogen (secondary N) is 1. The molecule has 9 heavy (non-hydrogen) atoms. The molecule has 0 unspecified atom stereocenters. The van der Waals surface area contributed by atoms with E-state index in [4.69, 9.17) is 0 Å². The van der Waals surface area contributed by atoms with Crippen LogP contribution >= 0.6 is 0 Å². The van der Waals surface area contributed by atoms with Gasteiger partial charge in [-0.25, -0.2) is 0 Å². The van der Waals surface area contributed by atoms with E-state index in [9.17, 15) is 13.2 Å². The Bertz CT molecular complexity index is 96.5. The summed E-state index contributed by atoms with van der Waals surface area (Å²) in [6.45, 7) is 0. The summed E-state index contributed by atoms with van der Waals surface area (Å²) in [6.07, 6.45) is -4.34. The summed E-state index contributed by atoms with van der Waals surface area (Å²) in [7, 11) is 1.44. The van der Waals surface area contributed by atoms with Gasteiger partial charge in [0.15, 0.2) is 0 Å². The normalized spacial score (nSPS) is 12.4. The zero-order chi connectivity index (χ0) is 7.33. The van der Waals surface area contributed by atoms with Crippen molar-refractivity contribution in [2.75, 3.05) is 7.05 Å². The minimum absolute atomic E-state index is 0.778. The first-order valence-electron chi connectivity index (χ1n) is 2.31. The molecule has 0 fully saturated rings. The minimum atomic E-state index is -4.14. The Morgan fingerprint density at radius 1 is 1.56 bits per heavy atom. The van der Waals surface area contributed by atoms with Crippen LogP contribution in [0.15, 0.2) is 5.10 Å². The smallest absolute Gasteiger partial charge is 0.313 e. The molecule has 0 saturated heterocycles. The van der Waals surface area contributed by atoms with Gasteiger partial charge in [0.1, 0.15) is 0 Å². The van der Waals surface area contributed by atoms with Gasteiger partial charge in [-0.1, -0.05) is 0 Å². The number of rotatable bonds is 2. The summed E-state index contributed by atoms with van der Waals surface area (Å²) >= 11 is 0. The molecular weight excluding hydrogens is 133 g/mol. The van der Waals surface area contributed by atoms with E-state index < -0.39 is 12.6 Å². The average molecular weight is 140 g/mol. The van der Waals surface area contributed by atoms with Crippen LogP contribution in [0, 0.1) is 0 Å². The van der Waals surface area contributed by atoms with E-state index in [1.54, 1.807) is 0 Å². The molecule has 0 aromatic heterocycles. The Morgan fingerprint density at radius 2 is 2.11 bits per heavy atom. The van der Waals surface area contributed by atoms with Gasteiger partial charge in [0.2, 0.25) is 0 Å². The molecule has 0 atom stereocenters. The molecule has 2 nitrogen and oxygen atoms in total. The van der Waals surface area contributed by atoms with Gasteiger partial charge < -0.3 is 5.43 Å². The molecule has 0 saturated carbocycles. The summed E-state index contributed by atoms with van der Waals surface area (Å²) in [5, 5.41) is 3.16. The summed E-state index contributed by atoms with van der Waals surface area (Å²) in [6, 6.07) is 0. The topological polar surface area (TPSA) is 24.4 Å². The Morgan fingerprint density at radius 3 is 2.44 bits per heavy atom. The van der Waals surface area contributed by atoms with Crippen LogP contribution in [0.3, 0.4) is 0 Å². The molecule has 0 aliphatic rings. The Labute approximate surface area is 50.7 Å². The second kappa shape index (κ2) is 3.32. The minimum Gasteiger partial charge on any atom is -0.313 e. The third kappa shape index (κ3) is 7.26. The average Bonchev–Trinajstić information content (AvgIpc) is 1.63. The summed E-state index contributed by atoms with van der Waals surface area (Å²) in [5.74, 6) is 0. The lowest BCUT2D eigenvalue weighted by Gasteiger charge is -1.98. The van der Waals surface area contributed by atoms with Crippen LogP contribution in [0.25, 0.3) is 0 Å². The predicted molar refractivity (Wildman–Crippen MR) is 28.2 cm³/mol. The molecule has 0 aliphatic heterocycles. The van der Waals surface area contributed by atoms with Gasteiger partial charge in [0.25, 0.3) is 0 Å². The Kier molecular flexibility index (Phi) is 3.05. The van der Waals surface area contributed by atoms with Crippen molar-refractivity contribution in [3.63, 3.8) is 0 Å². The number of halogens is 3. The van der Waals surface area contributed by atoms with Crippen molar-refractivity contribution in [3.05, 3.63) is 0 Å². The number of hydrazone groups is 1. The lowest BCUT2D eigenvalue weighted by molar-refractivity contribution is -0.120. The lowest BCUT2D eigenvalue weighted by atomic mass is 10.5. The van der Waals surface area contributed by atoms with Crippen molar-refractivity contribution in [2.24, 2.45) is 5.10 Å². The number of alkyl halides is 3. The summed E-state index contributed by atoms with van der Waals surface area (Å²) in [5.41, 5.74) is 2.21. The third-order valence-electron chi connectivity index (χ3n) is 0.543. The molecule has 0 radical (unpaired) electrons. The fourth-order valence-electron chi connectivity index (χ4n) is 0.240. The molecule has 5 heteroatoms. The van der Waals surface area contributed by atoms with Gasteiger partial charge in [-0.2, -0.15) is 18.3 Å². The molecule has 1 N–H and O–H groups in total. The fraction of sp³-hybridized carbons (Fsp3) is 0.750. The molecule has 0 aromatic rings. The van der Waals surface area contributed by atoms with E-state index in [-0.39, 0.29) is 0 Å². The van der Waals surface area contributed by atoms with Crippen molar-refractivity contribution in [2.45, 2.75) is 12.6 Å². The second-order valence-electron chi connectivity index (χ2n) is 1.35. The van der Waals surface area contributed by atoms with Crippen molar-refractivity contribution in [3.8, 4) is 0 Å². The quantitative estimate of drug-likeness (QED) is 0.451. The standard InChI is InChI=1S/C4H7F3N2/c1-8-9-3-2-4(5,6)7/h3,8H,2H2,1H3/b9-3+. The molecule has 0 spiro atoms. The van der Waals surface area contributed by atoms with Gasteiger partial charge in [-0.3, -0.25) is 0 Å². The number of nitrogens with zero attached hydrogens (tertiary/aromatic N) is 1. The van der Waals surface area contributed by atoms with Gasteiger partial charge in [-0.05, 0) is 0 Å². The van der Waals surface area contributed by atoms with E-state index in [0.29, 0.717) is 0 Å². The second-order valence-corrected chi connectivity index (χ2v) is 1.35. The zero-order valence-corrected chi connectivity index (χ0v) is 4.87. The lowest BCUT2D eigenvalue weighted by Crippen LogP contribution is -2.08. The maximum absolute atomic E-state index is 11.3. The van der Waals surface area contributed by atoms with Crippen molar-refractivity contribution in [1.82, 2.24) is 5.43 Å².